The minimum atomic E-state index is -0.0576. The maximum absolute atomic E-state index is 6.56. The molecule has 0 spiro atoms. The Kier molecular flexibility index (Phi) is 4.89. The van der Waals surface area contributed by atoms with Gasteiger partial charge in [-0.15, -0.1) is 0 Å². The van der Waals surface area contributed by atoms with E-state index in [4.69, 9.17) is 31.2 Å². The number of pyridine rings is 1. The Morgan fingerprint density at radius 3 is 2.81 bits per heavy atom. The summed E-state index contributed by atoms with van der Waals surface area (Å²) in [7, 11) is 0. The van der Waals surface area contributed by atoms with Gasteiger partial charge in [-0.2, -0.15) is 10.2 Å². The van der Waals surface area contributed by atoms with Crippen molar-refractivity contribution in [2.45, 2.75) is 57.3 Å². The van der Waals surface area contributed by atoms with E-state index in [1.807, 2.05) is 23.0 Å². The van der Waals surface area contributed by atoms with Crippen LogP contribution in [0.25, 0.3) is 22.4 Å². The highest BCUT2D eigenvalue weighted by molar-refractivity contribution is 6.30. The van der Waals surface area contributed by atoms with Crippen molar-refractivity contribution in [1.29, 1.82) is 0 Å². The molecule has 3 fully saturated rings. The first-order chi connectivity index (χ1) is 15.2. The fraction of sp³-hybridized carbons (Fsp3) is 0.591. The molecule has 0 radical (unpaired) electrons. The Labute approximate surface area is 186 Å². The van der Waals surface area contributed by atoms with Crippen LogP contribution < -0.4 is 4.90 Å². The number of ether oxygens (including phenoxy) is 2. The largest absolute Gasteiger partial charge is 0.377 e. The van der Waals surface area contributed by atoms with E-state index in [0.717, 1.165) is 73.4 Å². The number of hydrogen-bond donors (Lipinski definition) is 0. The van der Waals surface area contributed by atoms with Gasteiger partial charge < -0.3 is 14.4 Å². The van der Waals surface area contributed by atoms with Crippen molar-refractivity contribution in [3.63, 3.8) is 0 Å². The summed E-state index contributed by atoms with van der Waals surface area (Å²) in [6.07, 6.45) is 7.25. The number of fused-ring (bicyclic) bond motifs is 1. The molecule has 3 aromatic heterocycles. The second kappa shape index (κ2) is 7.76. The molecule has 3 aromatic rings. The highest BCUT2D eigenvalue weighted by atomic mass is 35.5. The molecule has 1 saturated carbocycles. The van der Waals surface area contributed by atoms with Gasteiger partial charge in [0, 0.05) is 31.5 Å². The molecule has 6 rings (SSSR count). The van der Waals surface area contributed by atoms with Crippen molar-refractivity contribution in [2.24, 2.45) is 0 Å². The zero-order valence-electron chi connectivity index (χ0n) is 17.7. The zero-order chi connectivity index (χ0) is 20.9. The van der Waals surface area contributed by atoms with Crippen molar-refractivity contribution in [3.05, 3.63) is 23.5 Å². The van der Waals surface area contributed by atoms with Gasteiger partial charge in [0.05, 0.1) is 30.6 Å². The van der Waals surface area contributed by atoms with E-state index in [1.54, 1.807) is 0 Å². The van der Waals surface area contributed by atoms with Gasteiger partial charge in [-0.25, -0.2) is 9.67 Å². The molecule has 0 N–H and O–H groups in total. The summed E-state index contributed by atoms with van der Waals surface area (Å²) in [5, 5.41) is 10.2. The third-order valence-corrected chi connectivity index (χ3v) is 6.71. The smallest absolute Gasteiger partial charge is 0.150 e. The minimum Gasteiger partial charge on any atom is -0.377 e. The summed E-state index contributed by atoms with van der Waals surface area (Å²) < 4.78 is 15.8. The summed E-state index contributed by atoms with van der Waals surface area (Å²) in [5.41, 5.74) is 4.76. The van der Waals surface area contributed by atoms with Crippen LogP contribution in [-0.2, 0) is 9.47 Å². The quantitative estimate of drug-likeness (QED) is 0.564. The third-order valence-electron chi connectivity index (χ3n) is 6.51. The normalized spacial score (nSPS) is 24.8. The predicted molar refractivity (Wildman–Crippen MR) is 118 cm³/mol. The first-order valence-electron chi connectivity index (χ1n) is 11.3. The van der Waals surface area contributed by atoms with E-state index < -0.39 is 0 Å². The van der Waals surface area contributed by atoms with Crippen LogP contribution in [0.1, 0.15) is 51.3 Å². The maximum atomic E-state index is 6.56. The number of anilines is 1. The number of rotatable bonds is 4. The van der Waals surface area contributed by atoms with Gasteiger partial charge in [0.2, 0.25) is 0 Å². The average molecular weight is 443 g/mol. The van der Waals surface area contributed by atoms with E-state index in [-0.39, 0.29) is 12.3 Å². The van der Waals surface area contributed by atoms with Gasteiger partial charge in [0.15, 0.2) is 6.23 Å². The monoisotopic (exact) mass is 442 g/mol. The number of aromatic nitrogens is 5. The van der Waals surface area contributed by atoms with Crippen LogP contribution in [0.3, 0.4) is 0 Å². The number of hydrogen-bond acceptors (Lipinski definition) is 6. The van der Waals surface area contributed by atoms with E-state index in [2.05, 4.69) is 21.6 Å². The van der Waals surface area contributed by atoms with Crippen molar-refractivity contribution < 1.29 is 9.47 Å². The molecule has 2 aliphatic heterocycles. The van der Waals surface area contributed by atoms with Crippen molar-refractivity contribution in [1.82, 2.24) is 24.5 Å². The van der Waals surface area contributed by atoms with Crippen LogP contribution in [-0.4, -0.2) is 57.0 Å². The molecule has 1 unspecified atom stereocenters. The Morgan fingerprint density at radius 1 is 1.13 bits per heavy atom. The van der Waals surface area contributed by atoms with Gasteiger partial charge in [-0.1, -0.05) is 11.6 Å². The molecule has 2 atom stereocenters. The van der Waals surface area contributed by atoms with E-state index in [0.29, 0.717) is 24.4 Å². The predicted octanol–water partition coefficient (Wildman–Crippen LogP) is 4.21. The van der Waals surface area contributed by atoms with Crippen LogP contribution in [0.2, 0.25) is 5.15 Å². The minimum absolute atomic E-state index is 0.0576. The Bertz CT molecular complexity index is 1100. The highest BCUT2D eigenvalue weighted by Crippen LogP contribution is 2.43. The fourth-order valence-electron chi connectivity index (χ4n) is 4.80. The summed E-state index contributed by atoms with van der Waals surface area (Å²) in [6.45, 7) is 5.20. The van der Waals surface area contributed by atoms with E-state index in [1.165, 1.54) is 0 Å². The highest BCUT2D eigenvalue weighted by Gasteiger charge is 2.33. The standard InChI is InChI=1S/C22H27ClN6O2/c1-14-13-30-11-9-27(14)17-12-18(23)25-21-20(26-28(22(17)21)15-5-6-15)16-7-8-24-29(16)19-4-2-3-10-31-19/h7-8,12,14-15,19H,2-6,9-11,13H2,1H3/t14-,19?/m1/s1. The van der Waals surface area contributed by atoms with E-state index >= 15 is 0 Å². The van der Waals surface area contributed by atoms with Crippen molar-refractivity contribution in [2.75, 3.05) is 31.3 Å². The molecular weight excluding hydrogens is 416 g/mol. The van der Waals surface area contributed by atoms with Crippen LogP contribution in [0.15, 0.2) is 18.3 Å². The average Bonchev–Trinajstić information content (AvgIpc) is 3.39. The van der Waals surface area contributed by atoms with Crippen molar-refractivity contribution in [3.8, 4) is 11.4 Å². The van der Waals surface area contributed by atoms with Gasteiger partial charge in [0.25, 0.3) is 0 Å². The van der Waals surface area contributed by atoms with Gasteiger partial charge in [0.1, 0.15) is 21.9 Å². The molecule has 3 aliphatic rings. The van der Waals surface area contributed by atoms with Crippen molar-refractivity contribution >= 4 is 28.3 Å². The Morgan fingerprint density at radius 2 is 2.03 bits per heavy atom. The fourth-order valence-corrected chi connectivity index (χ4v) is 4.99. The first kappa shape index (κ1) is 19.5. The lowest BCUT2D eigenvalue weighted by molar-refractivity contribution is -0.0384. The first-order valence-corrected chi connectivity index (χ1v) is 11.7. The lowest BCUT2D eigenvalue weighted by Gasteiger charge is -2.35. The molecule has 0 aromatic carbocycles. The molecule has 5 heterocycles. The van der Waals surface area contributed by atoms with Crippen LogP contribution in [0.5, 0.6) is 0 Å². The molecule has 31 heavy (non-hydrogen) atoms. The van der Waals surface area contributed by atoms with Gasteiger partial charge in [-0.3, -0.25) is 4.68 Å². The SMILES string of the molecule is C[C@@H]1COCCN1c1cc(Cl)nc2c(-c3ccnn3C3CCCCO3)nn(C3CC3)c12. The molecule has 0 bridgehead atoms. The molecule has 164 valence electrons. The zero-order valence-corrected chi connectivity index (χ0v) is 18.5. The molecule has 8 nitrogen and oxygen atoms in total. The van der Waals surface area contributed by atoms with Crippen LogP contribution in [0.4, 0.5) is 5.69 Å². The van der Waals surface area contributed by atoms with Gasteiger partial charge >= 0.3 is 0 Å². The number of halogens is 1. The topological polar surface area (TPSA) is 70.2 Å². The van der Waals surface area contributed by atoms with E-state index in [9.17, 15) is 0 Å². The lowest BCUT2D eigenvalue weighted by atomic mass is 10.1. The molecule has 1 aliphatic carbocycles. The van der Waals surface area contributed by atoms with Gasteiger partial charge in [-0.05, 0) is 45.1 Å². The molecule has 0 amide bonds. The summed E-state index contributed by atoms with van der Waals surface area (Å²) in [5.74, 6) is 0. The lowest BCUT2D eigenvalue weighted by Crippen LogP contribution is -2.44. The summed E-state index contributed by atoms with van der Waals surface area (Å²) in [6, 6.07) is 4.67. The second-order valence-electron chi connectivity index (χ2n) is 8.79. The second-order valence-corrected chi connectivity index (χ2v) is 9.17. The molecular formula is C22H27ClN6O2. The number of morpholine rings is 1. The summed E-state index contributed by atoms with van der Waals surface area (Å²) >= 11 is 6.56. The Balaban J connectivity index is 1.53. The third kappa shape index (κ3) is 3.41. The van der Waals surface area contributed by atoms with Crippen LogP contribution in [0, 0.1) is 0 Å². The number of nitrogens with zero attached hydrogens (tertiary/aromatic N) is 6. The molecule has 9 heteroatoms. The summed E-state index contributed by atoms with van der Waals surface area (Å²) in [4.78, 5) is 7.15. The Hall–Kier alpha value is -2.16. The molecule has 2 saturated heterocycles. The van der Waals surface area contributed by atoms with Crippen LogP contribution >= 0.6 is 11.6 Å². The maximum Gasteiger partial charge on any atom is 0.150 e.